The number of hydrogen-bond donors (Lipinski definition) is 4. The van der Waals surface area contributed by atoms with E-state index >= 15 is 0 Å². The van der Waals surface area contributed by atoms with E-state index < -0.39 is 23.8 Å². The Morgan fingerprint density at radius 1 is 1.56 bits per heavy atom. The van der Waals surface area contributed by atoms with Gasteiger partial charge >= 0.3 is 5.97 Å². The number of nitrogens with one attached hydrogen (secondary N) is 1. The summed E-state index contributed by atoms with van der Waals surface area (Å²) >= 11 is 6.73. The van der Waals surface area contributed by atoms with Crippen LogP contribution in [0.3, 0.4) is 0 Å². The Morgan fingerprint density at radius 2 is 2.30 bits per heavy atom. The summed E-state index contributed by atoms with van der Waals surface area (Å²) < 4.78 is 0. The molecule has 4 N–H and O–H groups in total. The highest BCUT2D eigenvalue weighted by atomic mass is 32.2. The molecule has 3 rings (SSSR count). The van der Waals surface area contributed by atoms with Gasteiger partial charge in [0.05, 0.1) is 5.92 Å². The summed E-state index contributed by atoms with van der Waals surface area (Å²) in [6, 6.07) is -0.804. The van der Waals surface area contributed by atoms with E-state index in [1.807, 2.05) is 0 Å². The number of rotatable bonds is 6. The van der Waals surface area contributed by atoms with E-state index in [-0.39, 0.29) is 38.9 Å². The molecule has 2 heterocycles. The number of aromatic nitrogens is 1. The molecule has 0 aromatic carbocycles. The van der Waals surface area contributed by atoms with Gasteiger partial charge in [-0.1, -0.05) is 5.16 Å². The van der Waals surface area contributed by atoms with E-state index in [9.17, 15) is 19.5 Å². The second-order valence-electron chi connectivity index (χ2n) is 5.78. The largest absolute Gasteiger partial charge is 0.478 e. The van der Waals surface area contributed by atoms with Crippen molar-refractivity contribution in [1.29, 1.82) is 0 Å². The molecule has 1 fully saturated rings. The van der Waals surface area contributed by atoms with Crippen molar-refractivity contribution >= 4 is 64.2 Å². The first-order valence-corrected chi connectivity index (χ1v) is 10.3. The summed E-state index contributed by atoms with van der Waals surface area (Å²) in [5.41, 5.74) is 6.45. The van der Waals surface area contributed by atoms with Crippen LogP contribution in [0.4, 0.5) is 5.13 Å². The van der Waals surface area contributed by atoms with E-state index in [4.69, 9.17) is 10.6 Å². The van der Waals surface area contributed by atoms with Gasteiger partial charge in [0.25, 0.3) is 5.91 Å². The zero-order valence-electron chi connectivity index (χ0n) is 14.0. The Morgan fingerprint density at radius 3 is 2.85 bits per heavy atom. The van der Waals surface area contributed by atoms with E-state index in [1.54, 1.807) is 5.38 Å². The zero-order valence-corrected chi connectivity index (χ0v) is 16.6. The topological polar surface area (TPSA) is 144 Å². The van der Waals surface area contributed by atoms with Crippen LogP contribution >= 0.6 is 35.7 Å². The Balaban J connectivity index is 1.79. The van der Waals surface area contributed by atoms with Crippen molar-refractivity contribution in [3.8, 4) is 0 Å². The predicted molar refractivity (Wildman–Crippen MR) is 105 cm³/mol. The first kappa shape index (κ1) is 19.7. The number of fused-ring (bicyclic) bond motifs is 1. The fraction of sp³-hybridized carbons (Fsp3) is 0.400. The molecule has 144 valence electrons. The minimum Gasteiger partial charge on any atom is -0.478 e. The first-order valence-electron chi connectivity index (χ1n) is 7.73. The van der Waals surface area contributed by atoms with Gasteiger partial charge in [-0.15, -0.1) is 11.3 Å². The lowest BCUT2D eigenvalue weighted by molar-refractivity contribution is -0.139. The Kier molecular flexibility index (Phi) is 5.77. The Bertz CT molecular complexity index is 865. The minimum atomic E-state index is -1.12. The number of thioether (sulfide) groups is 1. The molecule has 1 saturated carbocycles. The fourth-order valence-electron chi connectivity index (χ4n) is 3.05. The van der Waals surface area contributed by atoms with Crippen molar-refractivity contribution in [1.82, 2.24) is 10.3 Å². The van der Waals surface area contributed by atoms with Gasteiger partial charge in [0.15, 0.2) is 16.6 Å². The van der Waals surface area contributed by atoms with Gasteiger partial charge in [0, 0.05) is 27.7 Å². The number of thiazole rings is 1. The van der Waals surface area contributed by atoms with Crippen molar-refractivity contribution < 1.29 is 24.3 Å². The van der Waals surface area contributed by atoms with E-state index in [0.717, 1.165) is 11.3 Å². The number of hydrogen-bond acceptors (Lipinski definition) is 10. The maximum absolute atomic E-state index is 12.6. The molecular weight excluding hydrogens is 412 g/mol. The van der Waals surface area contributed by atoms with Crippen molar-refractivity contribution in [3.05, 3.63) is 22.2 Å². The smallest absolute Gasteiger partial charge is 0.332 e. The van der Waals surface area contributed by atoms with Crippen LogP contribution in [0.25, 0.3) is 0 Å². The van der Waals surface area contributed by atoms with Gasteiger partial charge < -0.3 is 21.0 Å². The van der Waals surface area contributed by atoms with Crippen LogP contribution in [0.1, 0.15) is 5.69 Å². The second-order valence-corrected chi connectivity index (χ2v) is 8.15. The zero-order chi connectivity index (χ0) is 19.7. The van der Waals surface area contributed by atoms with E-state index in [1.165, 1.54) is 18.9 Å². The molecular formula is C15H16N4O5S3. The van der Waals surface area contributed by atoms with Crippen LogP contribution in [0.15, 0.2) is 21.7 Å². The number of oxime groups is 1. The van der Waals surface area contributed by atoms with Gasteiger partial charge in [-0.05, 0) is 5.57 Å². The number of carbonyl (C=O) groups is 3. The molecule has 0 spiro atoms. The lowest BCUT2D eigenvalue weighted by Crippen LogP contribution is -2.66. The van der Waals surface area contributed by atoms with Gasteiger partial charge in [-0.3, -0.25) is 9.59 Å². The van der Waals surface area contributed by atoms with Crippen LogP contribution in [-0.4, -0.2) is 63.4 Å². The molecule has 1 aliphatic carbocycles. The number of amides is 1. The third kappa shape index (κ3) is 3.56. The maximum Gasteiger partial charge on any atom is 0.332 e. The molecule has 1 aliphatic heterocycles. The highest BCUT2D eigenvalue weighted by Gasteiger charge is 2.56. The van der Waals surface area contributed by atoms with Crippen LogP contribution < -0.4 is 11.1 Å². The number of nitrogen functional groups attached to an aromatic ring is 1. The Hall–Kier alpha value is -2.05. The van der Waals surface area contributed by atoms with Crippen LogP contribution in [0.2, 0.25) is 0 Å². The molecule has 0 radical (unpaired) electrons. The number of nitrogens with zero attached hydrogens (tertiary/aromatic N) is 2. The molecule has 3 atom stereocenters. The number of anilines is 1. The predicted octanol–water partition coefficient (Wildman–Crippen LogP) is 0.186. The number of carboxylic acids is 1. The number of aliphatic carboxylic acids is 1. The first-order chi connectivity index (χ1) is 12.9. The average molecular weight is 429 g/mol. The third-order valence-corrected chi connectivity index (χ3v) is 6.78. The van der Waals surface area contributed by atoms with E-state index in [0.29, 0.717) is 11.3 Å². The average Bonchev–Trinajstić information content (AvgIpc) is 3.08. The molecule has 1 amide bonds. The molecule has 0 saturated heterocycles. The third-order valence-electron chi connectivity index (χ3n) is 4.28. The number of nitrogens with two attached hydrogens (primary N) is 1. The highest BCUT2D eigenvalue weighted by Crippen LogP contribution is 2.45. The van der Waals surface area contributed by atoms with Crippen LogP contribution in [0.5, 0.6) is 0 Å². The fourth-order valence-corrected chi connectivity index (χ4v) is 5.54. The monoisotopic (exact) mass is 428 g/mol. The van der Waals surface area contributed by atoms with Crippen molar-refractivity contribution in [2.75, 3.05) is 24.3 Å². The lowest BCUT2D eigenvalue weighted by Gasteiger charge is -2.46. The van der Waals surface area contributed by atoms with Gasteiger partial charge in [-0.25, -0.2) is 9.78 Å². The van der Waals surface area contributed by atoms with Crippen molar-refractivity contribution in [3.63, 3.8) is 0 Å². The number of Topliss-reactive ketones (excluding diaryl/α,β-unsaturated/α-hetero) is 1. The summed E-state index contributed by atoms with van der Waals surface area (Å²) in [6.45, 7) is 0. The standard InChI is InChI=1S/C15H16N4O5S3/c1-24-19-9(6-4-27-15(16)17-6)13(21)18-10-11(20)8-7(14(22)23)5(2-25)3-26-12(8)10/h4,8,10,12,25H,2-3H2,1H3,(H2,16,17)(H,18,21)(H,22,23)/b19-9+/t8?,10-,12+/m1/s1. The number of thiol groups is 1. The van der Waals surface area contributed by atoms with Gasteiger partial charge in [0.2, 0.25) is 0 Å². The molecule has 2 aliphatic rings. The minimum absolute atomic E-state index is 0.0994. The van der Waals surface area contributed by atoms with Crippen molar-refractivity contribution in [2.24, 2.45) is 11.1 Å². The molecule has 1 aromatic rings. The number of carbonyl (C=O) groups excluding carboxylic acids is 2. The molecule has 0 bridgehead atoms. The molecule has 27 heavy (non-hydrogen) atoms. The molecule has 12 heteroatoms. The lowest BCUT2D eigenvalue weighted by atomic mass is 9.71. The van der Waals surface area contributed by atoms with Crippen LogP contribution in [0, 0.1) is 5.92 Å². The van der Waals surface area contributed by atoms with Gasteiger partial charge in [0.1, 0.15) is 18.8 Å². The van der Waals surface area contributed by atoms with E-state index in [2.05, 4.69) is 28.1 Å². The summed E-state index contributed by atoms with van der Waals surface area (Å²) in [4.78, 5) is 45.4. The number of ketones is 1. The molecule has 1 unspecified atom stereocenters. The summed E-state index contributed by atoms with van der Waals surface area (Å²) in [6.07, 6.45) is 0. The normalized spacial score (nSPS) is 24.9. The maximum atomic E-state index is 12.6. The van der Waals surface area contributed by atoms with Gasteiger partial charge in [-0.2, -0.15) is 24.4 Å². The second kappa shape index (κ2) is 7.90. The Labute approximate surface area is 167 Å². The molecule has 9 nitrogen and oxygen atoms in total. The van der Waals surface area contributed by atoms with Crippen molar-refractivity contribution in [2.45, 2.75) is 11.3 Å². The van der Waals surface area contributed by atoms with Crippen LogP contribution in [-0.2, 0) is 19.2 Å². The summed E-state index contributed by atoms with van der Waals surface area (Å²) in [7, 11) is 1.29. The quantitative estimate of drug-likeness (QED) is 0.285. The molecule has 1 aromatic heterocycles. The number of carboxylic acid groups (broad SMARTS) is 1. The summed E-state index contributed by atoms with van der Waals surface area (Å²) in [5, 5.41) is 17.2. The highest BCUT2D eigenvalue weighted by molar-refractivity contribution is 8.00. The SMILES string of the molecule is CO/N=C(/C(=O)N[C@@H]1C(=O)C2C(C(=O)O)=C(CS)CS[C@@H]21)c1csc(N)n1. The summed E-state index contributed by atoms with van der Waals surface area (Å²) in [5.74, 6) is -2.11.